The van der Waals surface area contributed by atoms with Crippen molar-refractivity contribution in [1.29, 1.82) is 0 Å². The van der Waals surface area contributed by atoms with E-state index in [-0.39, 0.29) is 0 Å². The highest BCUT2D eigenvalue weighted by Crippen LogP contribution is 2.12. The number of hydrogen-bond donors (Lipinski definition) is 0. The van der Waals surface area contributed by atoms with Crippen molar-refractivity contribution in [3.63, 3.8) is 0 Å². The Morgan fingerprint density at radius 1 is 1.18 bits per heavy atom. The Balaban J connectivity index is 1.64. The van der Waals surface area contributed by atoms with Crippen LogP contribution in [-0.4, -0.2) is 64.8 Å². The highest BCUT2D eigenvalue weighted by atomic mass is 32.2. The lowest BCUT2D eigenvalue weighted by Gasteiger charge is -2.33. The second-order valence-electron chi connectivity index (χ2n) is 5.41. The molecule has 1 aliphatic heterocycles. The second-order valence-corrected chi connectivity index (χ2v) is 7.39. The van der Waals surface area contributed by atoms with E-state index in [0.29, 0.717) is 13.1 Å². The summed E-state index contributed by atoms with van der Waals surface area (Å²) in [5, 5.41) is 4.18. The van der Waals surface area contributed by atoms with E-state index >= 15 is 0 Å². The lowest BCUT2D eigenvalue weighted by molar-refractivity contribution is 0.182. The van der Waals surface area contributed by atoms with Crippen molar-refractivity contribution in [2.24, 2.45) is 0 Å². The first-order valence-corrected chi connectivity index (χ1v) is 8.99. The van der Waals surface area contributed by atoms with Crippen molar-refractivity contribution in [2.75, 3.05) is 32.4 Å². The first-order valence-electron chi connectivity index (χ1n) is 7.15. The van der Waals surface area contributed by atoms with Gasteiger partial charge in [-0.1, -0.05) is 0 Å². The molecule has 0 bridgehead atoms. The van der Waals surface area contributed by atoms with Crippen LogP contribution in [0.2, 0.25) is 0 Å². The topological polar surface area (TPSA) is 71.3 Å². The number of nitrogens with zero attached hydrogens (tertiary/aromatic N) is 5. The third-order valence-electron chi connectivity index (χ3n) is 3.76. The molecule has 0 saturated carbocycles. The Morgan fingerprint density at radius 2 is 1.95 bits per heavy atom. The molecule has 8 heteroatoms. The van der Waals surface area contributed by atoms with Gasteiger partial charge in [-0.15, -0.1) is 0 Å². The van der Waals surface area contributed by atoms with Crippen LogP contribution in [0.1, 0.15) is 5.56 Å². The van der Waals surface area contributed by atoms with Crippen molar-refractivity contribution in [2.45, 2.75) is 6.54 Å². The van der Waals surface area contributed by atoms with Crippen LogP contribution >= 0.6 is 0 Å². The molecule has 0 spiro atoms. The molecule has 1 aliphatic rings. The molecule has 0 amide bonds. The predicted octanol–water partition coefficient (Wildman–Crippen LogP) is 0.344. The van der Waals surface area contributed by atoms with Crippen LogP contribution < -0.4 is 0 Å². The van der Waals surface area contributed by atoms with Crippen molar-refractivity contribution >= 4 is 10.0 Å². The summed E-state index contributed by atoms with van der Waals surface area (Å²) in [6.45, 7) is 3.37. The van der Waals surface area contributed by atoms with Gasteiger partial charge >= 0.3 is 0 Å². The molecule has 0 N–H and O–H groups in total. The number of hydrogen-bond acceptors (Lipinski definition) is 5. The minimum absolute atomic E-state index is 0.552. The van der Waals surface area contributed by atoms with Crippen LogP contribution in [0.4, 0.5) is 0 Å². The zero-order valence-electron chi connectivity index (χ0n) is 12.5. The van der Waals surface area contributed by atoms with E-state index in [2.05, 4.69) is 15.0 Å². The van der Waals surface area contributed by atoms with Gasteiger partial charge < -0.3 is 0 Å². The Labute approximate surface area is 130 Å². The van der Waals surface area contributed by atoms with Gasteiger partial charge in [0.1, 0.15) is 0 Å². The smallest absolute Gasteiger partial charge is 0.211 e. The second kappa shape index (κ2) is 6.15. The lowest BCUT2D eigenvalue weighted by atomic mass is 10.2. The molecule has 3 rings (SSSR count). The van der Waals surface area contributed by atoms with Crippen molar-refractivity contribution in [1.82, 2.24) is 24.0 Å². The fraction of sp³-hybridized carbons (Fsp3) is 0.429. The van der Waals surface area contributed by atoms with E-state index in [0.717, 1.165) is 31.0 Å². The van der Waals surface area contributed by atoms with Crippen LogP contribution in [0.5, 0.6) is 0 Å². The molecule has 7 nitrogen and oxygen atoms in total. The third-order valence-corrected chi connectivity index (χ3v) is 5.06. The molecule has 2 aromatic heterocycles. The number of piperazine rings is 1. The van der Waals surface area contributed by atoms with Crippen LogP contribution in [0.15, 0.2) is 36.8 Å². The molecular formula is C14H19N5O2S. The summed E-state index contributed by atoms with van der Waals surface area (Å²) >= 11 is 0. The van der Waals surface area contributed by atoms with E-state index in [1.54, 1.807) is 17.1 Å². The van der Waals surface area contributed by atoms with Crippen molar-refractivity contribution in [3.8, 4) is 5.82 Å². The van der Waals surface area contributed by atoms with E-state index in [1.165, 1.54) is 10.6 Å². The van der Waals surface area contributed by atoms with Crippen LogP contribution in [0.25, 0.3) is 5.82 Å². The van der Waals surface area contributed by atoms with Crippen LogP contribution in [-0.2, 0) is 16.6 Å². The standard InChI is InChI=1S/C14H19N5O2S/c1-22(20,21)18-9-7-17(8-10-18)12-13-3-5-15-14(11-13)19-6-2-4-16-19/h2-6,11H,7-10,12H2,1H3. The summed E-state index contributed by atoms with van der Waals surface area (Å²) in [4.78, 5) is 6.57. The fourth-order valence-electron chi connectivity index (χ4n) is 2.57. The van der Waals surface area contributed by atoms with Gasteiger partial charge in [-0.2, -0.15) is 9.40 Å². The Bertz CT molecular complexity index is 721. The average Bonchev–Trinajstić information content (AvgIpc) is 3.01. The van der Waals surface area contributed by atoms with Gasteiger partial charge in [0.2, 0.25) is 10.0 Å². The van der Waals surface area contributed by atoms with Gasteiger partial charge in [-0.25, -0.2) is 18.1 Å². The Morgan fingerprint density at radius 3 is 2.59 bits per heavy atom. The average molecular weight is 321 g/mol. The number of sulfonamides is 1. The zero-order valence-corrected chi connectivity index (χ0v) is 13.3. The van der Waals surface area contributed by atoms with Gasteiger partial charge in [0, 0.05) is 51.3 Å². The first kappa shape index (κ1) is 15.1. The minimum atomic E-state index is -3.07. The number of rotatable bonds is 4. The van der Waals surface area contributed by atoms with Crippen molar-refractivity contribution < 1.29 is 8.42 Å². The largest absolute Gasteiger partial charge is 0.296 e. The summed E-state index contributed by atoms with van der Waals surface area (Å²) in [5.74, 6) is 0.789. The van der Waals surface area contributed by atoms with Gasteiger partial charge in [-0.3, -0.25) is 4.90 Å². The summed E-state index contributed by atoms with van der Waals surface area (Å²) < 4.78 is 26.3. The monoisotopic (exact) mass is 321 g/mol. The summed E-state index contributed by atoms with van der Waals surface area (Å²) in [6.07, 6.45) is 6.62. The maximum absolute atomic E-state index is 11.5. The molecule has 1 saturated heterocycles. The summed E-state index contributed by atoms with van der Waals surface area (Å²) in [6, 6.07) is 5.85. The third kappa shape index (κ3) is 3.52. The SMILES string of the molecule is CS(=O)(=O)N1CCN(Cc2ccnc(-n3cccn3)c2)CC1. The highest BCUT2D eigenvalue weighted by Gasteiger charge is 2.23. The molecule has 3 heterocycles. The molecule has 0 atom stereocenters. The van der Waals surface area contributed by atoms with E-state index in [9.17, 15) is 8.42 Å². The molecule has 0 radical (unpaired) electrons. The molecule has 0 unspecified atom stereocenters. The van der Waals surface area contributed by atoms with E-state index in [4.69, 9.17) is 0 Å². The number of aromatic nitrogens is 3. The van der Waals surface area contributed by atoms with Crippen LogP contribution in [0.3, 0.4) is 0 Å². The zero-order chi connectivity index (χ0) is 15.6. The Kier molecular flexibility index (Phi) is 4.23. The Hall–Kier alpha value is -1.77. The first-order chi connectivity index (χ1) is 10.5. The molecule has 2 aromatic rings. The van der Waals surface area contributed by atoms with Gasteiger partial charge in [-0.05, 0) is 23.8 Å². The van der Waals surface area contributed by atoms with Gasteiger partial charge in [0.05, 0.1) is 6.26 Å². The molecule has 22 heavy (non-hydrogen) atoms. The molecule has 118 valence electrons. The predicted molar refractivity (Wildman–Crippen MR) is 83.1 cm³/mol. The maximum atomic E-state index is 11.5. The fourth-order valence-corrected chi connectivity index (χ4v) is 3.39. The summed E-state index contributed by atoms with van der Waals surface area (Å²) in [7, 11) is -3.07. The highest BCUT2D eigenvalue weighted by molar-refractivity contribution is 7.88. The number of pyridine rings is 1. The lowest BCUT2D eigenvalue weighted by Crippen LogP contribution is -2.47. The molecule has 0 aromatic carbocycles. The maximum Gasteiger partial charge on any atom is 0.211 e. The van der Waals surface area contributed by atoms with E-state index in [1.807, 2.05) is 24.4 Å². The minimum Gasteiger partial charge on any atom is -0.296 e. The normalized spacial score (nSPS) is 17.7. The summed E-state index contributed by atoms with van der Waals surface area (Å²) in [5.41, 5.74) is 1.15. The van der Waals surface area contributed by atoms with Gasteiger partial charge in [0.15, 0.2) is 5.82 Å². The quantitative estimate of drug-likeness (QED) is 0.812. The molecular weight excluding hydrogens is 302 g/mol. The van der Waals surface area contributed by atoms with Crippen molar-refractivity contribution in [3.05, 3.63) is 42.4 Å². The van der Waals surface area contributed by atoms with Crippen LogP contribution in [0, 0.1) is 0 Å². The van der Waals surface area contributed by atoms with Gasteiger partial charge in [0.25, 0.3) is 0 Å². The van der Waals surface area contributed by atoms with E-state index < -0.39 is 10.0 Å². The molecule has 1 fully saturated rings. The molecule has 0 aliphatic carbocycles.